The van der Waals surface area contributed by atoms with Gasteiger partial charge in [-0.2, -0.15) is 0 Å². The van der Waals surface area contributed by atoms with Crippen molar-refractivity contribution in [3.05, 3.63) is 24.3 Å². The Balaban J connectivity index is 3.56. The maximum Gasteiger partial charge on any atom is 0.331 e. The highest BCUT2D eigenvalue weighted by Gasteiger charge is 2.11. The summed E-state index contributed by atoms with van der Waals surface area (Å²) in [5, 5.41) is 18.0. The van der Waals surface area contributed by atoms with Gasteiger partial charge in [0.2, 0.25) is 0 Å². The first-order chi connectivity index (χ1) is 12.0. The van der Waals surface area contributed by atoms with Gasteiger partial charge < -0.3 is 10.2 Å². The van der Waals surface area contributed by atoms with E-state index in [0.717, 1.165) is 51.4 Å². The van der Waals surface area contributed by atoms with Crippen LogP contribution in [0.4, 0.5) is 0 Å². The highest BCUT2D eigenvalue weighted by Crippen LogP contribution is 2.15. The molecule has 1 atom stereocenters. The van der Waals surface area contributed by atoms with Gasteiger partial charge in [0.1, 0.15) is 0 Å². The smallest absolute Gasteiger partial charge is 0.331 e. The standard InChI is InChI=1S/C21H36O4/c1-3-5-15-19(21(24)25)17-14-12-10-8-6-7-9-11-13-16-18(4-2)20(22)23/h4,17-18H,2-3,5-16H2,1H3,(H,22,23)(H,24,25). The maximum absolute atomic E-state index is 11.1. The van der Waals surface area contributed by atoms with Crippen LogP contribution in [0.3, 0.4) is 0 Å². The number of rotatable bonds is 17. The largest absolute Gasteiger partial charge is 0.481 e. The number of carboxylic acid groups (broad SMARTS) is 2. The lowest BCUT2D eigenvalue weighted by molar-refractivity contribution is -0.140. The zero-order valence-corrected chi connectivity index (χ0v) is 15.8. The van der Waals surface area contributed by atoms with Crippen molar-refractivity contribution in [3.63, 3.8) is 0 Å². The maximum atomic E-state index is 11.1. The predicted octanol–water partition coefficient (Wildman–Crippen LogP) is 5.98. The van der Waals surface area contributed by atoms with Gasteiger partial charge in [-0.15, -0.1) is 6.58 Å². The van der Waals surface area contributed by atoms with Crippen molar-refractivity contribution >= 4 is 11.9 Å². The van der Waals surface area contributed by atoms with Crippen molar-refractivity contribution in [3.8, 4) is 0 Å². The van der Waals surface area contributed by atoms with Gasteiger partial charge in [-0.25, -0.2) is 4.79 Å². The summed E-state index contributed by atoms with van der Waals surface area (Å²) >= 11 is 0. The number of unbranched alkanes of at least 4 members (excludes halogenated alkanes) is 9. The number of hydrogen-bond acceptors (Lipinski definition) is 2. The van der Waals surface area contributed by atoms with Crippen LogP contribution in [0, 0.1) is 5.92 Å². The van der Waals surface area contributed by atoms with Gasteiger partial charge >= 0.3 is 11.9 Å². The van der Waals surface area contributed by atoms with Crippen molar-refractivity contribution in [1.29, 1.82) is 0 Å². The summed E-state index contributed by atoms with van der Waals surface area (Å²) in [6, 6.07) is 0. The van der Waals surface area contributed by atoms with Crippen molar-refractivity contribution < 1.29 is 19.8 Å². The zero-order chi connectivity index (χ0) is 18.9. The van der Waals surface area contributed by atoms with Gasteiger partial charge in [-0.3, -0.25) is 4.79 Å². The number of carboxylic acids is 2. The molecule has 0 rings (SSSR count). The van der Waals surface area contributed by atoms with E-state index in [1.165, 1.54) is 25.3 Å². The van der Waals surface area contributed by atoms with E-state index in [-0.39, 0.29) is 0 Å². The van der Waals surface area contributed by atoms with Gasteiger partial charge in [-0.1, -0.05) is 70.4 Å². The van der Waals surface area contributed by atoms with Crippen LogP contribution in [0.1, 0.15) is 90.4 Å². The fourth-order valence-electron chi connectivity index (χ4n) is 2.85. The van der Waals surface area contributed by atoms with Gasteiger partial charge in [0.05, 0.1) is 5.92 Å². The predicted molar refractivity (Wildman–Crippen MR) is 103 cm³/mol. The molecule has 25 heavy (non-hydrogen) atoms. The van der Waals surface area contributed by atoms with E-state index in [0.29, 0.717) is 18.4 Å². The molecule has 144 valence electrons. The van der Waals surface area contributed by atoms with Crippen LogP contribution in [-0.4, -0.2) is 22.2 Å². The van der Waals surface area contributed by atoms with Crippen molar-refractivity contribution in [2.75, 3.05) is 0 Å². The SMILES string of the molecule is C=CC(CCCCCCCCCCC=C(CCCC)C(=O)O)C(=O)O. The molecular formula is C21H36O4. The van der Waals surface area contributed by atoms with Gasteiger partial charge in [0, 0.05) is 5.57 Å². The molecule has 0 saturated heterocycles. The molecule has 0 fully saturated rings. The molecule has 0 aromatic rings. The molecular weight excluding hydrogens is 316 g/mol. The van der Waals surface area contributed by atoms with Crippen LogP contribution < -0.4 is 0 Å². The molecule has 0 bridgehead atoms. The Morgan fingerprint density at radius 2 is 1.48 bits per heavy atom. The Kier molecular flexibility index (Phi) is 14.9. The van der Waals surface area contributed by atoms with E-state index in [1.54, 1.807) is 0 Å². The summed E-state index contributed by atoms with van der Waals surface area (Å²) in [6.45, 7) is 5.64. The van der Waals surface area contributed by atoms with E-state index < -0.39 is 17.9 Å². The zero-order valence-electron chi connectivity index (χ0n) is 15.8. The molecule has 0 aromatic heterocycles. The minimum atomic E-state index is -0.773. The lowest BCUT2D eigenvalue weighted by atomic mass is 10.00. The van der Waals surface area contributed by atoms with Crippen molar-refractivity contribution in [2.45, 2.75) is 90.4 Å². The molecule has 4 nitrogen and oxygen atoms in total. The Morgan fingerprint density at radius 1 is 0.920 bits per heavy atom. The second-order valence-electron chi connectivity index (χ2n) is 6.72. The first-order valence-corrected chi connectivity index (χ1v) is 9.80. The summed E-state index contributed by atoms with van der Waals surface area (Å²) in [6.07, 6.45) is 16.6. The van der Waals surface area contributed by atoms with E-state index in [9.17, 15) is 9.59 Å². The van der Waals surface area contributed by atoms with E-state index in [4.69, 9.17) is 10.2 Å². The van der Waals surface area contributed by atoms with Crippen LogP contribution in [0.25, 0.3) is 0 Å². The fraction of sp³-hybridized carbons (Fsp3) is 0.714. The first-order valence-electron chi connectivity index (χ1n) is 9.80. The highest BCUT2D eigenvalue weighted by molar-refractivity contribution is 5.86. The molecule has 0 heterocycles. The van der Waals surface area contributed by atoms with Crippen LogP contribution in [0.15, 0.2) is 24.3 Å². The summed E-state index contributed by atoms with van der Waals surface area (Å²) in [4.78, 5) is 21.9. The minimum absolute atomic E-state index is 0.402. The second-order valence-corrected chi connectivity index (χ2v) is 6.72. The molecule has 2 N–H and O–H groups in total. The van der Waals surface area contributed by atoms with Gasteiger partial charge in [0.15, 0.2) is 0 Å². The summed E-state index contributed by atoms with van der Waals surface area (Å²) < 4.78 is 0. The second kappa shape index (κ2) is 15.9. The molecule has 0 saturated carbocycles. The average Bonchev–Trinajstić information content (AvgIpc) is 2.57. The third-order valence-corrected chi connectivity index (χ3v) is 4.54. The topological polar surface area (TPSA) is 74.6 Å². The van der Waals surface area contributed by atoms with E-state index in [2.05, 4.69) is 13.5 Å². The molecule has 0 aliphatic rings. The van der Waals surface area contributed by atoms with Gasteiger partial charge in [-0.05, 0) is 32.1 Å². The Hall–Kier alpha value is -1.58. The molecule has 0 aliphatic carbocycles. The number of carbonyl (C=O) groups is 2. The lowest BCUT2D eigenvalue weighted by Gasteiger charge is -2.06. The fourth-order valence-corrected chi connectivity index (χ4v) is 2.85. The average molecular weight is 353 g/mol. The monoisotopic (exact) mass is 352 g/mol. The third-order valence-electron chi connectivity index (χ3n) is 4.54. The Bertz CT molecular complexity index is 412. The normalized spacial score (nSPS) is 12.8. The van der Waals surface area contributed by atoms with Gasteiger partial charge in [0.25, 0.3) is 0 Å². The minimum Gasteiger partial charge on any atom is -0.481 e. The van der Waals surface area contributed by atoms with Crippen LogP contribution in [0.2, 0.25) is 0 Å². The first kappa shape index (κ1) is 23.4. The lowest BCUT2D eigenvalue weighted by Crippen LogP contribution is -2.10. The Labute approximate surface area is 153 Å². The molecule has 0 aromatic carbocycles. The summed E-state index contributed by atoms with van der Waals surface area (Å²) in [5.41, 5.74) is 0.570. The van der Waals surface area contributed by atoms with Crippen molar-refractivity contribution in [1.82, 2.24) is 0 Å². The van der Waals surface area contributed by atoms with Crippen LogP contribution >= 0.6 is 0 Å². The molecule has 0 radical (unpaired) electrons. The van der Waals surface area contributed by atoms with E-state index in [1.807, 2.05) is 6.08 Å². The molecule has 0 amide bonds. The van der Waals surface area contributed by atoms with Crippen molar-refractivity contribution in [2.24, 2.45) is 5.92 Å². The molecule has 0 aliphatic heterocycles. The quantitative estimate of drug-likeness (QED) is 0.192. The van der Waals surface area contributed by atoms with Crippen LogP contribution in [-0.2, 0) is 9.59 Å². The number of hydrogen-bond donors (Lipinski definition) is 2. The summed E-state index contributed by atoms with van der Waals surface area (Å²) in [5.74, 6) is -1.94. The summed E-state index contributed by atoms with van der Waals surface area (Å²) in [7, 11) is 0. The molecule has 1 unspecified atom stereocenters. The van der Waals surface area contributed by atoms with E-state index >= 15 is 0 Å². The Morgan fingerprint density at radius 3 is 1.96 bits per heavy atom. The van der Waals surface area contributed by atoms with Crippen LogP contribution in [0.5, 0.6) is 0 Å². The highest BCUT2D eigenvalue weighted by atomic mass is 16.4. The third kappa shape index (κ3) is 13.4. The number of allylic oxidation sites excluding steroid dienone is 1. The molecule has 4 heteroatoms. The molecule has 0 spiro atoms. The number of aliphatic carboxylic acids is 2.